The molecule has 1 atom stereocenters. The lowest BCUT2D eigenvalue weighted by Gasteiger charge is -2.16. The minimum atomic E-state index is -0.812. The molecular weight excluding hydrogens is 270 g/mol. The SMILES string of the molecule is NNC(CCCc1ccccc1)Cc1cccc(F)c1F. The average molecular weight is 290 g/mol. The Balaban J connectivity index is 1.87. The van der Waals surface area contributed by atoms with Crippen molar-refractivity contribution in [3.63, 3.8) is 0 Å². The molecule has 1 unspecified atom stereocenters. The van der Waals surface area contributed by atoms with Crippen molar-refractivity contribution >= 4 is 0 Å². The third kappa shape index (κ3) is 4.62. The molecule has 4 heteroatoms. The summed E-state index contributed by atoms with van der Waals surface area (Å²) in [6.07, 6.45) is 3.08. The summed E-state index contributed by atoms with van der Waals surface area (Å²) in [5, 5.41) is 0. The normalized spacial score (nSPS) is 12.3. The van der Waals surface area contributed by atoms with Gasteiger partial charge in [0.05, 0.1) is 0 Å². The van der Waals surface area contributed by atoms with E-state index in [1.807, 2.05) is 18.2 Å². The van der Waals surface area contributed by atoms with E-state index in [1.54, 1.807) is 6.07 Å². The molecule has 112 valence electrons. The molecule has 0 saturated heterocycles. The third-order valence-corrected chi connectivity index (χ3v) is 3.59. The van der Waals surface area contributed by atoms with E-state index < -0.39 is 11.6 Å². The second kappa shape index (κ2) is 7.86. The first-order valence-corrected chi connectivity index (χ1v) is 7.13. The van der Waals surface area contributed by atoms with Crippen LogP contribution in [0.1, 0.15) is 24.0 Å². The van der Waals surface area contributed by atoms with Crippen molar-refractivity contribution in [2.45, 2.75) is 31.7 Å². The van der Waals surface area contributed by atoms with Crippen LogP contribution in [0.3, 0.4) is 0 Å². The number of nitrogens with two attached hydrogens (primary N) is 1. The van der Waals surface area contributed by atoms with Crippen molar-refractivity contribution < 1.29 is 8.78 Å². The summed E-state index contributed by atoms with van der Waals surface area (Å²) < 4.78 is 26.8. The Morgan fingerprint density at radius 2 is 1.76 bits per heavy atom. The van der Waals surface area contributed by atoms with Gasteiger partial charge in [-0.05, 0) is 42.9 Å². The van der Waals surface area contributed by atoms with Crippen molar-refractivity contribution in [1.82, 2.24) is 5.43 Å². The number of halogens is 2. The minimum absolute atomic E-state index is 0.0648. The van der Waals surface area contributed by atoms with E-state index in [2.05, 4.69) is 17.6 Å². The average Bonchev–Trinajstić information content (AvgIpc) is 2.51. The predicted molar refractivity (Wildman–Crippen MR) is 80.6 cm³/mol. The van der Waals surface area contributed by atoms with Crippen LogP contribution in [0.4, 0.5) is 8.78 Å². The largest absolute Gasteiger partial charge is 0.271 e. The number of hydrogen-bond donors (Lipinski definition) is 2. The van der Waals surface area contributed by atoms with Crippen molar-refractivity contribution in [1.29, 1.82) is 0 Å². The van der Waals surface area contributed by atoms with Gasteiger partial charge in [0.1, 0.15) is 0 Å². The maximum absolute atomic E-state index is 13.6. The number of hydrazine groups is 1. The topological polar surface area (TPSA) is 38.0 Å². The molecule has 0 aliphatic rings. The van der Waals surface area contributed by atoms with Gasteiger partial charge in [0, 0.05) is 6.04 Å². The minimum Gasteiger partial charge on any atom is -0.271 e. The summed E-state index contributed by atoms with van der Waals surface area (Å²) in [5.74, 6) is 3.93. The van der Waals surface area contributed by atoms with Gasteiger partial charge >= 0.3 is 0 Å². The molecule has 2 nitrogen and oxygen atoms in total. The quantitative estimate of drug-likeness (QED) is 0.606. The van der Waals surface area contributed by atoms with E-state index in [0.717, 1.165) is 25.3 Å². The zero-order chi connectivity index (χ0) is 15.1. The van der Waals surface area contributed by atoms with Crippen LogP contribution in [0.2, 0.25) is 0 Å². The monoisotopic (exact) mass is 290 g/mol. The molecule has 2 aromatic carbocycles. The fourth-order valence-electron chi connectivity index (χ4n) is 2.41. The first kappa shape index (κ1) is 15.6. The van der Waals surface area contributed by atoms with Gasteiger partial charge in [-0.15, -0.1) is 0 Å². The predicted octanol–water partition coefficient (Wildman–Crippen LogP) is 3.36. The molecule has 0 bridgehead atoms. The van der Waals surface area contributed by atoms with Crippen LogP contribution in [0.5, 0.6) is 0 Å². The van der Waals surface area contributed by atoms with Crippen LogP contribution < -0.4 is 11.3 Å². The molecule has 2 rings (SSSR count). The van der Waals surface area contributed by atoms with Crippen molar-refractivity contribution in [3.05, 3.63) is 71.3 Å². The Kier molecular flexibility index (Phi) is 5.84. The summed E-state index contributed by atoms with van der Waals surface area (Å²) in [6.45, 7) is 0. The smallest absolute Gasteiger partial charge is 0.162 e. The van der Waals surface area contributed by atoms with Gasteiger partial charge in [-0.25, -0.2) is 8.78 Å². The highest BCUT2D eigenvalue weighted by Crippen LogP contribution is 2.15. The van der Waals surface area contributed by atoms with Gasteiger partial charge in [-0.3, -0.25) is 11.3 Å². The van der Waals surface area contributed by atoms with E-state index in [1.165, 1.54) is 11.6 Å². The maximum atomic E-state index is 13.6. The van der Waals surface area contributed by atoms with Gasteiger partial charge in [-0.1, -0.05) is 42.5 Å². The number of hydrogen-bond acceptors (Lipinski definition) is 2. The van der Waals surface area contributed by atoms with Gasteiger partial charge in [0.25, 0.3) is 0 Å². The second-order valence-corrected chi connectivity index (χ2v) is 5.16. The zero-order valence-corrected chi connectivity index (χ0v) is 11.9. The Labute approximate surface area is 124 Å². The Morgan fingerprint density at radius 3 is 2.48 bits per heavy atom. The van der Waals surface area contributed by atoms with Gasteiger partial charge < -0.3 is 0 Å². The molecular formula is C17H20F2N2. The molecule has 0 heterocycles. The lowest BCUT2D eigenvalue weighted by molar-refractivity contribution is 0.452. The van der Waals surface area contributed by atoms with Crippen LogP contribution in [-0.4, -0.2) is 6.04 Å². The van der Waals surface area contributed by atoms with Crippen molar-refractivity contribution in [2.75, 3.05) is 0 Å². The fraction of sp³-hybridized carbons (Fsp3) is 0.294. The highest BCUT2D eigenvalue weighted by molar-refractivity contribution is 5.20. The van der Waals surface area contributed by atoms with Crippen LogP contribution in [0.25, 0.3) is 0 Å². The Bertz CT molecular complexity index is 558. The Hall–Kier alpha value is -1.78. The van der Waals surface area contributed by atoms with Crippen molar-refractivity contribution in [3.8, 4) is 0 Å². The zero-order valence-electron chi connectivity index (χ0n) is 11.9. The summed E-state index contributed by atoms with van der Waals surface area (Å²) in [7, 11) is 0. The highest BCUT2D eigenvalue weighted by Gasteiger charge is 2.13. The lowest BCUT2D eigenvalue weighted by atomic mass is 9.99. The maximum Gasteiger partial charge on any atom is 0.162 e. The number of nitrogens with one attached hydrogen (secondary N) is 1. The second-order valence-electron chi connectivity index (χ2n) is 5.16. The molecule has 0 aliphatic heterocycles. The summed E-state index contributed by atoms with van der Waals surface area (Å²) in [6, 6.07) is 14.3. The van der Waals surface area contributed by atoms with Crippen LogP contribution in [0.15, 0.2) is 48.5 Å². The molecule has 0 aliphatic carbocycles. The molecule has 0 aromatic heterocycles. The van der Waals surface area contributed by atoms with E-state index in [0.29, 0.717) is 12.0 Å². The number of rotatable bonds is 7. The van der Waals surface area contributed by atoms with Gasteiger partial charge in [-0.2, -0.15) is 0 Å². The fourth-order valence-corrected chi connectivity index (χ4v) is 2.41. The van der Waals surface area contributed by atoms with E-state index in [9.17, 15) is 8.78 Å². The van der Waals surface area contributed by atoms with E-state index in [4.69, 9.17) is 5.84 Å². The summed E-state index contributed by atoms with van der Waals surface area (Å²) >= 11 is 0. The van der Waals surface area contributed by atoms with Crippen LogP contribution in [-0.2, 0) is 12.8 Å². The third-order valence-electron chi connectivity index (χ3n) is 3.59. The first-order valence-electron chi connectivity index (χ1n) is 7.13. The van der Waals surface area contributed by atoms with E-state index >= 15 is 0 Å². The van der Waals surface area contributed by atoms with Crippen LogP contribution in [0, 0.1) is 11.6 Å². The summed E-state index contributed by atoms with van der Waals surface area (Å²) in [4.78, 5) is 0. The molecule has 0 radical (unpaired) electrons. The molecule has 3 N–H and O–H groups in total. The molecule has 21 heavy (non-hydrogen) atoms. The van der Waals surface area contributed by atoms with Gasteiger partial charge in [0.15, 0.2) is 11.6 Å². The molecule has 0 fully saturated rings. The van der Waals surface area contributed by atoms with Crippen molar-refractivity contribution in [2.24, 2.45) is 5.84 Å². The molecule has 0 spiro atoms. The van der Waals surface area contributed by atoms with E-state index in [-0.39, 0.29) is 6.04 Å². The highest BCUT2D eigenvalue weighted by atomic mass is 19.2. The molecule has 0 amide bonds. The molecule has 0 saturated carbocycles. The number of benzene rings is 2. The molecule has 2 aromatic rings. The standard InChI is InChI=1S/C17H20F2N2/c18-16-11-5-9-14(17(16)19)12-15(21-20)10-4-8-13-6-2-1-3-7-13/h1-3,5-7,9,11,15,21H,4,8,10,12,20H2. The van der Waals surface area contributed by atoms with Crippen LogP contribution >= 0.6 is 0 Å². The van der Waals surface area contributed by atoms with Gasteiger partial charge in [0.2, 0.25) is 0 Å². The summed E-state index contributed by atoms with van der Waals surface area (Å²) in [5.41, 5.74) is 4.32. The Morgan fingerprint density at radius 1 is 1.00 bits per heavy atom. The number of aryl methyl sites for hydroxylation is 1. The lowest BCUT2D eigenvalue weighted by Crippen LogP contribution is -2.37. The first-order chi connectivity index (χ1) is 10.2.